The molecule has 0 N–H and O–H groups in total. The molecule has 0 radical (unpaired) electrons. The number of fused-ring (bicyclic) bond motifs is 7. The first-order valence-electron chi connectivity index (χ1n) is 21.4. The van der Waals surface area contributed by atoms with Crippen LogP contribution in [0.2, 0.25) is 0 Å². The molecule has 0 spiro atoms. The van der Waals surface area contributed by atoms with Crippen molar-refractivity contribution in [3.63, 3.8) is 0 Å². The molecule has 0 aromatic heterocycles. The molecule has 4 heteroatoms. The molecule has 0 saturated heterocycles. The van der Waals surface area contributed by atoms with Crippen LogP contribution in [-0.2, 0) is 9.47 Å². The van der Waals surface area contributed by atoms with E-state index in [4.69, 9.17) is 9.47 Å². The van der Waals surface area contributed by atoms with E-state index in [1.807, 2.05) is 66.7 Å². The highest BCUT2D eigenvalue weighted by atomic mass is 16.5. The summed E-state index contributed by atoms with van der Waals surface area (Å²) < 4.78 is 11.8. The summed E-state index contributed by atoms with van der Waals surface area (Å²) in [6, 6.07) is 24.0. The molecule has 4 saturated carbocycles. The Morgan fingerprint density at radius 2 is 1.26 bits per heavy atom. The predicted molar refractivity (Wildman–Crippen MR) is 221 cm³/mol. The zero-order chi connectivity index (χ0) is 37.8. The third kappa shape index (κ3) is 6.58. The Labute approximate surface area is 323 Å². The van der Waals surface area contributed by atoms with Crippen LogP contribution in [0.25, 0.3) is 32.7 Å². The van der Waals surface area contributed by atoms with Gasteiger partial charge in [-0.25, -0.2) is 9.59 Å². The summed E-state index contributed by atoms with van der Waals surface area (Å²) in [5, 5.41) is 3.94. The normalized spacial score (nSPS) is 31.1. The molecule has 0 aliphatic heterocycles. The van der Waals surface area contributed by atoms with E-state index in [2.05, 4.69) is 40.7 Å². The fourth-order valence-corrected chi connectivity index (χ4v) is 12.9. The molecule has 4 nitrogen and oxygen atoms in total. The van der Waals surface area contributed by atoms with Gasteiger partial charge in [-0.15, -0.1) is 0 Å². The van der Waals surface area contributed by atoms with E-state index in [-0.39, 0.29) is 12.1 Å². The molecule has 4 fully saturated rings. The summed E-state index contributed by atoms with van der Waals surface area (Å²) in [6.45, 7) is 12.6. The molecule has 4 aliphatic carbocycles. The SMILES string of the molecule is COC(=O)c1cc2ccccc2cc1-c1cc2ccccc2cc1C(=O)O[C@H]1CC[C@@]2(C)[C@@H](CC[C@@H]3[C@@H]2CC[C@]2(C)[C@@H]([C@H](C)CCCC(C)C)CC[C@@H]32)C1. The van der Waals surface area contributed by atoms with Crippen LogP contribution < -0.4 is 0 Å². The lowest BCUT2D eigenvalue weighted by molar-refractivity contribution is -0.130. The van der Waals surface area contributed by atoms with Crippen LogP contribution in [-0.4, -0.2) is 25.2 Å². The Kier molecular flexibility index (Phi) is 10.2. The van der Waals surface area contributed by atoms with E-state index >= 15 is 0 Å². The van der Waals surface area contributed by atoms with Crippen LogP contribution in [0.15, 0.2) is 72.8 Å². The van der Waals surface area contributed by atoms with E-state index in [0.29, 0.717) is 39.0 Å². The third-order valence-electron chi connectivity index (χ3n) is 15.8. The second-order valence-corrected chi connectivity index (χ2v) is 19.0. The maximum absolute atomic E-state index is 14.4. The number of ether oxygens (including phenoxy) is 2. The van der Waals surface area contributed by atoms with Gasteiger partial charge in [-0.2, -0.15) is 0 Å². The van der Waals surface area contributed by atoms with Gasteiger partial charge in [-0.3, -0.25) is 0 Å². The molecular formula is C50H62O4. The fourth-order valence-electron chi connectivity index (χ4n) is 12.9. The number of hydrogen-bond donors (Lipinski definition) is 0. The number of benzene rings is 4. The maximum Gasteiger partial charge on any atom is 0.339 e. The van der Waals surface area contributed by atoms with E-state index in [9.17, 15) is 9.59 Å². The zero-order valence-corrected chi connectivity index (χ0v) is 33.7. The number of esters is 2. The van der Waals surface area contributed by atoms with Crippen LogP contribution in [0.3, 0.4) is 0 Å². The van der Waals surface area contributed by atoms with Crippen molar-refractivity contribution in [3.05, 3.63) is 83.9 Å². The number of rotatable bonds is 9. The van der Waals surface area contributed by atoms with Gasteiger partial charge in [0.05, 0.1) is 18.2 Å². The smallest absolute Gasteiger partial charge is 0.339 e. The van der Waals surface area contributed by atoms with Crippen molar-refractivity contribution >= 4 is 33.5 Å². The quantitative estimate of drug-likeness (QED) is 0.161. The number of carbonyl (C=O) groups is 2. The van der Waals surface area contributed by atoms with Crippen molar-refractivity contribution in [1.29, 1.82) is 0 Å². The van der Waals surface area contributed by atoms with Crippen molar-refractivity contribution in [2.24, 2.45) is 52.3 Å². The topological polar surface area (TPSA) is 52.6 Å². The van der Waals surface area contributed by atoms with Crippen LogP contribution in [0.4, 0.5) is 0 Å². The van der Waals surface area contributed by atoms with Crippen molar-refractivity contribution in [2.45, 2.75) is 118 Å². The molecule has 9 atom stereocenters. The Hall–Kier alpha value is -3.66. The van der Waals surface area contributed by atoms with Crippen LogP contribution >= 0.6 is 0 Å². The lowest BCUT2D eigenvalue weighted by Crippen LogP contribution is -2.54. The monoisotopic (exact) mass is 726 g/mol. The Balaban J connectivity index is 1.02. The summed E-state index contributed by atoms with van der Waals surface area (Å²) in [4.78, 5) is 27.7. The fraction of sp³-hybridized carbons (Fsp3) is 0.560. The summed E-state index contributed by atoms with van der Waals surface area (Å²) in [7, 11) is 1.41. The van der Waals surface area contributed by atoms with E-state index in [1.165, 1.54) is 64.9 Å². The minimum Gasteiger partial charge on any atom is -0.465 e. The molecule has 0 amide bonds. The van der Waals surface area contributed by atoms with Gasteiger partial charge in [0.1, 0.15) is 6.10 Å². The Morgan fingerprint density at radius 3 is 1.87 bits per heavy atom. The van der Waals surface area contributed by atoms with Gasteiger partial charge in [0.25, 0.3) is 0 Å². The van der Waals surface area contributed by atoms with E-state index in [1.54, 1.807) is 0 Å². The second-order valence-electron chi connectivity index (χ2n) is 19.0. The second kappa shape index (κ2) is 14.8. The molecule has 4 aliphatic rings. The van der Waals surface area contributed by atoms with Crippen LogP contribution in [0, 0.1) is 52.3 Å². The molecule has 4 aromatic rings. The molecule has 54 heavy (non-hydrogen) atoms. The summed E-state index contributed by atoms with van der Waals surface area (Å²) in [6.07, 6.45) is 15.3. The summed E-state index contributed by atoms with van der Waals surface area (Å²) in [5.41, 5.74) is 3.18. The molecule has 286 valence electrons. The highest BCUT2D eigenvalue weighted by molar-refractivity contribution is 6.09. The number of hydrogen-bond acceptors (Lipinski definition) is 4. The van der Waals surface area contributed by atoms with E-state index < -0.39 is 5.97 Å². The molecule has 0 unspecified atom stereocenters. The zero-order valence-electron chi connectivity index (χ0n) is 33.7. The van der Waals surface area contributed by atoms with Crippen molar-refractivity contribution in [2.75, 3.05) is 7.11 Å². The standard InChI is InChI=1S/C50H62O4/c1-31(2)12-11-13-32(3)44-20-21-45-39-19-18-37-30-38(22-24-49(37,4)46(39)23-25-50(44,45)5)54-48(52)43-29-36-17-10-8-15-34(36)27-41(43)40-26-33-14-7-9-16-35(33)28-42(40)47(51)53-6/h7-10,14-17,26-29,31-32,37-39,44-46H,11-13,18-25,30H2,1-6H3/t32-,37+,38+,39+,44-,45+,46+,49+,50-/m1/s1. The van der Waals surface area contributed by atoms with Gasteiger partial charge >= 0.3 is 11.9 Å². The highest BCUT2D eigenvalue weighted by Crippen LogP contribution is 2.68. The molecular weight excluding hydrogens is 665 g/mol. The lowest BCUT2D eigenvalue weighted by atomic mass is 9.44. The first-order chi connectivity index (χ1) is 26.0. The summed E-state index contributed by atoms with van der Waals surface area (Å²) >= 11 is 0. The minimum absolute atomic E-state index is 0.0977. The molecule has 0 heterocycles. The van der Waals surface area contributed by atoms with Gasteiger partial charge in [-0.1, -0.05) is 102 Å². The average molecular weight is 727 g/mol. The molecule has 8 rings (SSSR count). The maximum atomic E-state index is 14.4. The van der Waals surface area contributed by atoms with Crippen LogP contribution in [0.5, 0.6) is 0 Å². The Morgan fingerprint density at radius 1 is 0.685 bits per heavy atom. The summed E-state index contributed by atoms with van der Waals surface area (Å²) in [5.74, 6) is 4.91. The van der Waals surface area contributed by atoms with Crippen molar-refractivity contribution in [1.82, 2.24) is 0 Å². The molecule has 4 aromatic carbocycles. The molecule has 0 bridgehead atoms. The largest absolute Gasteiger partial charge is 0.465 e. The predicted octanol–water partition coefficient (Wildman–Crippen LogP) is 13.1. The van der Waals surface area contributed by atoms with Gasteiger partial charge in [0, 0.05) is 0 Å². The lowest BCUT2D eigenvalue weighted by Gasteiger charge is -2.61. The van der Waals surface area contributed by atoms with Gasteiger partial charge in [0.2, 0.25) is 0 Å². The average Bonchev–Trinajstić information content (AvgIpc) is 3.53. The van der Waals surface area contributed by atoms with Crippen molar-refractivity contribution < 1.29 is 19.1 Å². The van der Waals surface area contributed by atoms with Gasteiger partial charge in [0.15, 0.2) is 0 Å². The highest BCUT2D eigenvalue weighted by Gasteiger charge is 2.60. The first-order valence-corrected chi connectivity index (χ1v) is 21.4. The number of methoxy groups -OCH3 is 1. The van der Waals surface area contributed by atoms with Crippen molar-refractivity contribution in [3.8, 4) is 11.1 Å². The van der Waals surface area contributed by atoms with Gasteiger partial charge in [-0.05, 0) is 167 Å². The van der Waals surface area contributed by atoms with Gasteiger partial charge < -0.3 is 9.47 Å². The first kappa shape index (κ1) is 37.3. The van der Waals surface area contributed by atoms with E-state index in [0.717, 1.165) is 76.3 Å². The minimum atomic E-state index is -0.419. The Bertz CT molecular complexity index is 2030. The third-order valence-corrected chi connectivity index (χ3v) is 15.8. The van der Waals surface area contributed by atoms with Crippen LogP contribution in [0.1, 0.15) is 132 Å². The number of carbonyl (C=O) groups excluding carboxylic acids is 2.